The third-order valence-electron chi connectivity index (χ3n) is 4.92. The molecule has 0 aromatic heterocycles. The average Bonchev–Trinajstić information content (AvgIpc) is 2.98. The summed E-state index contributed by atoms with van der Waals surface area (Å²) in [6, 6.07) is 14.7. The molecule has 0 atom stereocenters. The van der Waals surface area contributed by atoms with Crippen LogP contribution in [0.1, 0.15) is 33.4 Å². The van der Waals surface area contributed by atoms with Gasteiger partial charge in [-0.3, -0.25) is 0 Å². The van der Waals surface area contributed by atoms with E-state index in [4.69, 9.17) is 0 Å². The van der Waals surface area contributed by atoms with Crippen molar-refractivity contribution in [2.75, 3.05) is 0 Å². The van der Waals surface area contributed by atoms with Crippen LogP contribution in [0.25, 0.3) is 11.1 Å². The maximum Gasteiger partial charge on any atom is 0 e. The van der Waals surface area contributed by atoms with Crippen molar-refractivity contribution in [2.24, 2.45) is 0 Å². The predicted octanol–water partition coefficient (Wildman–Crippen LogP) is 6.04. The Labute approximate surface area is 146 Å². The Bertz CT molecular complexity index is 587. The molecule has 3 rings (SSSR count). The van der Waals surface area contributed by atoms with E-state index in [2.05, 4.69) is 84.0 Å². The fourth-order valence-corrected chi connectivity index (χ4v) is 2.76. The number of hydrogen-bond donors (Lipinski definition) is 0. The summed E-state index contributed by atoms with van der Waals surface area (Å²) in [7, 11) is 0. The maximum absolute atomic E-state index is 2.21. The number of hydrogen-bond acceptors (Lipinski definition) is 0. The molecule has 2 aliphatic carbocycles. The van der Waals surface area contributed by atoms with Gasteiger partial charge < -0.3 is 0 Å². The summed E-state index contributed by atoms with van der Waals surface area (Å²) < 4.78 is 0. The molecular formula is C21H25Cr-. The van der Waals surface area contributed by atoms with Gasteiger partial charge in [-0.25, -0.2) is 0 Å². The van der Waals surface area contributed by atoms with Crippen LogP contribution in [-0.2, 0) is 17.4 Å². The van der Waals surface area contributed by atoms with Gasteiger partial charge in [0, 0.05) is 17.4 Å². The summed E-state index contributed by atoms with van der Waals surface area (Å²) in [6.07, 6.45) is 0. The monoisotopic (exact) mass is 329 g/mol. The quantitative estimate of drug-likeness (QED) is 0.441. The fraction of sp³-hybridized carbons (Fsp3) is 0.286. The van der Waals surface area contributed by atoms with Gasteiger partial charge in [-0.2, -0.15) is 24.3 Å². The molecule has 0 nitrogen and oxygen atoms in total. The number of benzene rings is 2. The second-order valence-corrected chi connectivity index (χ2v) is 5.90. The molecule has 0 unspecified atom stereocenters. The van der Waals surface area contributed by atoms with E-state index in [0.717, 1.165) is 0 Å². The molecule has 1 aromatic carbocycles. The Morgan fingerprint density at radius 2 is 1.00 bits per heavy atom. The second-order valence-electron chi connectivity index (χ2n) is 5.90. The number of rotatable bonds is 0. The minimum absolute atomic E-state index is 0. The van der Waals surface area contributed by atoms with E-state index in [0.29, 0.717) is 0 Å². The molecule has 2 aliphatic rings. The van der Waals surface area contributed by atoms with E-state index in [-0.39, 0.29) is 17.4 Å². The third-order valence-corrected chi connectivity index (χ3v) is 4.92. The molecule has 0 spiro atoms. The normalized spacial score (nSPS) is 9.91. The fourth-order valence-electron chi connectivity index (χ4n) is 2.76. The van der Waals surface area contributed by atoms with Gasteiger partial charge in [-0.1, -0.05) is 12.1 Å². The van der Waals surface area contributed by atoms with Gasteiger partial charge in [-0.15, -0.1) is 17.2 Å². The van der Waals surface area contributed by atoms with Crippen molar-refractivity contribution in [3.63, 3.8) is 0 Å². The number of fused-ring (bicyclic) bond motifs is 1. The summed E-state index contributed by atoms with van der Waals surface area (Å²) in [4.78, 5) is 0. The zero-order valence-corrected chi connectivity index (χ0v) is 15.7. The molecule has 1 heteroatoms. The van der Waals surface area contributed by atoms with E-state index >= 15 is 0 Å². The third kappa shape index (κ3) is 3.67. The summed E-state index contributed by atoms with van der Waals surface area (Å²) in [5.41, 5.74) is 11.4. The molecule has 0 amide bonds. The first-order valence-electron chi connectivity index (χ1n) is 7.57. The van der Waals surface area contributed by atoms with Gasteiger partial charge in [0.25, 0.3) is 0 Å². The van der Waals surface area contributed by atoms with Crippen LogP contribution in [0.4, 0.5) is 0 Å². The van der Waals surface area contributed by atoms with Crippen molar-refractivity contribution >= 4 is 0 Å². The van der Waals surface area contributed by atoms with Crippen LogP contribution in [0, 0.1) is 41.5 Å². The van der Waals surface area contributed by atoms with Crippen LogP contribution in [0.5, 0.6) is 0 Å². The van der Waals surface area contributed by atoms with Gasteiger partial charge in [-0.05, 0) is 74.9 Å². The summed E-state index contributed by atoms with van der Waals surface area (Å²) >= 11 is 0. The molecule has 0 radical (unpaired) electrons. The van der Waals surface area contributed by atoms with Gasteiger partial charge in [0.2, 0.25) is 0 Å². The summed E-state index contributed by atoms with van der Waals surface area (Å²) in [6.45, 7) is 13.3. The van der Waals surface area contributed by atoms with Crippen molar-refractivity contribution in [1.82, 2.24) is 0 Å². The molecule has 0 fully saturated rings. The Morgan fingerprint density at radius 3 is 1.41 bits per heavy atom. The largest absolute Gasteiger partial charge is 0.172 e. The van der Waals surface area contributed by atoms with Crippen LogP contribution in [0.3, 0.4) is 0 Å². The van der Waals surface area contributed by atoms with Gasteiger partial charge in [0.1, 0.15) is 0 Å². The van der Waals surface area contributed by atoms with Gasteiger partial charge in [0.05, 0.1) is 0 Å². The minimum atomic E-state index is 0. The van der Waals surface area contributed by atoms with E-state index < -0.39 is 0 Å². The first-order chi connectivity index (χ1) is 9.93. The smallest absolute Gasteiger partial charge is 0 e. The van der Waals surface area contributed by atoms with E-state index in [1.165, 1.54) is 44.5 Å². The van der Waals surface area contributed by atoms with Gasteiger partial charge in [0.15, 0.2) is 0 Å². The Morgan fingerprint density at radius 1 is 0.591 bits per heavy atom. The van der Waals surface area contributed by atoms with Crippen LogP contribution in [0.15, 0.2) is 42.5 Å². The van der Waals surface area contributed by atoms with E-state index in [9.17, 15) is 0 Å². The van der Waals surface area contributed by atoms with Crippen LogP contribution < -0.4 is 0 Å². The topological polar surface area (TPSA) is 0 Å². The van der Waals surface area contributed by atoms with Gasteiger partial charge >= 0.3 is 0 Å². The van der Waals surface area contributed by atoms with Crippen LogP contribution in [0.2, 0.25) is 0 Å². The summed E-state index contributed by atoms with van der Waals surface area (Å²) in [5.74, 6) is 0. The standard InChI is InChI=1S/C12H18.C9H7.Cr/c1-7-8(2)10(4)12(6)11(5)9(7)3;1-2-5-9-7-3-6-8(9)4-1;/h1-6H3;1-7H;/q;-1;. The van der Waals surface area contributed by atoms with Crippen molar-refractivity contribution in [1.29, 1.82) is 0 Å². The van der Waals surface area contributed by atoms with Crippen molar-refractivity contribution < 1.29 is 17.4 Å². The zero-order chi connectivity index (χ0) is 15.6. The summed E-state index contributed by atoms with van der Waals surface area (Å²) in [5, 5.41) is 0. The first kappa shape index (κ1) is 18.6. The molecule has 0 N–H and O–H groups in total. The average molecular weight is 329 g/mol. The van der Waals surface area contributed by atoms with Crippen LogP contribution >= 0.6 is 0 Å². The Kier molecular flexibility index (Phi) is 6.54. The zero-order valence-electron chi connectivity index (χ0n) is 14.4. The molecule has 0 bridgehead atoms. The minimum Gasteiger partial charge on any atom is -0.172 e. The molecule has 0 heterocycles. The molecular weight excluding hydrogens is 304 g/mol. The maximum atomic E-state index is 2.21. The Balaban J connectivity index is 0.000000217. The van der Waals surface area contributed by atoms with Crippen LogP contribution in [-0.4, -0.2) is 0 Å². The molecule has 116 valence electrons. The Hall–Kier alpha value is -1.42. The molecule has 0 saturated heterocycles. The van der Waals surface area contributed by atoms with Crippen molar-refractivity contribution in [2.45, 2.75) is 41.5 Å². The SMILES string of the molecule is Cc1c(C)c(C)c(C)c(C)c1C.[Cr].c1cc2cc[cH-]cc-2c1. The first-order valence-corrected chi connectivity index (χ1v) is 7.57. The van der Waals surface area contributed by atoms with E-state index in [1.807, 2.05) is 0 Å². The molecule has 0 aliphatic heterocycles. The van der Waals surface area contributed by atoms with Crippen molar-refractivity contribution in [3.8, 4) is 11.1 Å². The molecule has 0 saturated carbocycles. The molecule has 1 aromatic rings. The predicted molar refractivity (Wildman–Crippen MR) is 93.5 cm³/mol. The molecule has 22 heavy (non-hydrogen) atoms. The van der Waals surface area contributed by atoms with Crippen molar-refractivity contribution in [3.05, 3.63) is 75.8 Å². The second kappa shape index (κ2) is 7.73. The van der Waals surface area contributed by atoms with E-state index in [1.54, 1.807) is 0 Å².